The molecule has 0 unspecified atom stereocenters. The van der Waals surface area contributed by atoms with Crippen LogP contribution in [-0.4, -0.2) is 24.9 Å². The number of carbonyl (C=O) groups is 1. The minimum Gasteiger partial charge on any atom is -0.494 e. The third-order valence-electron chi connectivity index (χ3n) is 2.25. The number of carbonyl (C=O) groups excluding carboxylic acids is 1. The summed E-state index contributed by atoms with van der Waals surface area (Å²) in [7, 11) is 0. The molecular weight excluding hydrogens is 248 g/mol. The molecule has 1 aromatic carbocycles. The lowest BCUT2D eigenvalue weighted by atomic mass is 10.3. The summed E-state index contributed by atoms with van der Waals surface area (Å²) in [5.41, 5.74) is 0. The summed E-state index contributed by atoms with van der Waals surface area (Å²) in [6, 6.07) is 7.79. The van der Waals surface area contributed by atoms with Gasteiger partial charge in [0.1, 0.15) is 5.75 Å². The number of rotatable bonds is 8. The quantitative estimate of drug-likeness (QED) is 0.410. The summed E-state index contributed by atoms with van der Waals surface area (Å²) in [5, 5.41) is 0. The third-order valence-corrected chi connectivity index (χ3v) is 3.24. The van der Waals surface area contributed by atoms with Gasteiger partial charge in [-0.25, -0.2) is 0 Å². The number of hydrogen-bond acceptors (Lipinski definition) is 4. The molecule has 0 aliphatic carbocycles. The van der Waals surface area contributed by atoms with Gasteiger partial charge in [-0.3, -0.25) is 4.79 Å². The first kappa shape index (κ1) is 14.9. The first-order chi connectivity index (χ1) is 8.76. The van der Waals surface area contributed by atoms with Crippen molar-refractivity contribution in [1.82, 2.24) is 0 Å². The summed E-state index contributed by atoms with van der Waals surface area (Å²) in [4.78, 5) is 12.2. The number of unbranched alkanes of at least 4 members (excludes halogenated alkanes) is 1. The number of thioether (sulfide) groups is 1. The maximum Gasteiger partial charge on any atom is 0.316 e. The highest BCUT2D eigenvalue weighted by atomic mass is 32.2. The van der Waals surface area contributed by atoms with Gasteiger partial charge in [0.25, 0.3) is 0 Å². The SMILES string of the molecule is CCCCOc1ccc(SCC(=O)OCC)cc1. The second-order valence-electron chi connectivity index (χ2n) is 3.77. The molecule has 0 atom stereocenters. The minimum atomic E-state index is -0.175. The van der Waals surface area contributed by atoms with E-state index in [1.54, 1.807) is 0 Å². The standard InChI is InChI=1S/C14H20O3S/c1-3-5-10-17-12-6-8-13(9-7-12)18-11-14(15)16-4-2/h6-9H,3-5,10-11H2,1-2H3. The number of hydrogen-bond donors (Lipinski definition) is 0. The largest absolute Gasteiger partial charge is 0.494 e. The fourth-order valence-electron chi connectivity index (χ4n) is 1.31. The molecule has 18 heavy (non-hydrogen) atoms. The van der Waals surface area contributed by atoms with E-state index >= 15 is 0 Å². The number of ether oxygens (including phenoxy) is 2. The molecule has 4 heteroatoms. The van der Waals surface area contributed by atoms with E-state index in [1.807, 2.05) is 31.2 Å². The van der Waals surface area contributed by atoms with Crippen molar-refractivity contribution in [3.05, 3.63) is 24.3 Å². The van der Waals surface area contributed by atoms with Gasteiger partial charge in [-0.15, -0.1) is 11.8 Å². The maximum absolute atomic E-state index is 11.2. The van der Waals surface area contributed by atoms with Crippen LogP contribution in [0.15, 0.2) is 29.2 Å². The second kappa shape index (κ2) is 8.86. The molecule has 0 radical (unpaired) electrons. The van der Waals surface area contributed by atoms with Crippen molar-refractivity contribution in [2.75, 3.05) is 19.0 Å². The fourth-order valence-corrected chi connectivity index (χ4v) is 2.01. The molecule has 0 N–H and O–H groups in total. The van der Waals surface area contributed by atoms with Crippen molar-refractivity contribution in [1.29, 1.82) is 0 Å². The summed E-state index contributed by atoms with van der Waals surface area (Å²) in [5.74, 6) is 1.05. The molecule has 100 valence electrons. The van der Waals surface area contributed by atoms with Crippen LogP contribution in [0.1, 0.15) is 26.7 Å². The summed E-state index contributed by atoms with van der Waals surface area (Å²) < 4.78 is 10.4. The normalized spacial score (nSPS) is 10.1. The molecule has 0 fully saturated rings. The minimum absolute atomic E-state index is 0.175. The lowest BCUT2D eigenvalue weighted by Crippen LogP contribution is -2.06. The van der Waals surface area contributed by atoms with Gasteiger partial charge in [0.15, 0.2) is 0 Å². The molecular formula is C14H20O3S. The van der Waals surface area contributed by atoms with Crippen LogP contribution in [0.25, 0.3) is 0 Å². The van der Waals surface area contributed by atoms with Gasteiger partial charge in [-0.2, -0.15) is 0 Å². The first-order valence-electron chi connectivity index (χ1n) is 6.27. The van der Waals surface area contributed by atoms with Gasteiger partial charge < -0.3 is 9.47 Å². The average Bonchev–Trinajstić information content (AvgIpc) is 2.38. The monoisotopic (exact) mass is 268 g/mol. The molecule has 0 aromatic heterocycles. The Morgan fingerprint density at radius 2 is 1.94 bits per heavy atom. The Kier molecular flexibility index (Phi) is 7.34. The van der Waals surface area contributed by atoms with E-state index in [0.29, 0.717) is 12.4 Å². The molecule has 1 rings (SSSR count). The van der Waals surface area contributed by atoms with Crippen molar-refractivity contribution in [2.45, 2.75) is 31.6 Å². The highest BCUT2D eigenvalue weighted by Gasteiger charge is 2.03. The Labute approximate surface area is 113 Å². The zero-order valence-electron chi connectivity index (χ0n) is 11.0. The van der Waals surface area contributed by atoms with Crippen molar-refractivity contribution >= 4 is 17.7 Å². The van der Waals surface area contributed by atoms with Gasteiger partial charge in [-0.1, -0.05) is 13.3 Å². The molecule has 0 aliphatic heterocycles. The molecule has 0 saturated heterocycles. The Morgan fingerprint density at radius 3 is 2.56 bits per heavy atom. The molecule has 1 aromatic rings. The topological polar surface area (TPSA) is 35.5 Å². The second-order valence-corrected chi connectivity index (χ2v) is 4.82. The predicted molar refractivity (Wildman–Crippen MR) is 74.2 cm³/mol. The summed E-state index contributed by atoms with van der Waals surface area (Å²) in [6.45, 7) is 5.14. The van der Waals surface area contributed by atoms with E-state index < -0.39 is 0 Å². The smallest absolute Gasteiger partial charge is 0.316 e. The van der Waals surface area contributed by atoms with Crippen molar-refractivity contribution in [3.63, 3.8) is 0 Å². The van der Waals surface area contributed by atoms with E-state index in [9.17, 15) is 4.79 Å². The molecule has 0 saturated carbocycles. The highest BCUT2D eigenvalue weighted by Crippen LogP contribution is 2.21. The number of esters is 1. The van der Waals surface area contributed by atoms with Crippen LogP contribution in [0.3, 0.4) is 0 Å². The van der Waals surface area contributed by atoms with Crippen LogP contribution in [-0.2, 0) is 9.53 Å². The van der Waals surface area contributed by atoms with Gasteiger partial charge in [0.2, 0.25) is 0 Å². The molecule has 0 amide bonds. The van der Waals surface area contributed by atoms with Gasteiger partial charge in [0, 0.05) is 4.90 Å². The van der Waals surface area contributed by atoms with Crippen LogP contribution >= 0.6 is 11.8 Å². The average molecular weight is 268 g/mol. The van der Waals surface area contributed by atoms with Gasteiger partial charge >= 0.3 is 5.97 Å². The Morgan fingerprint density at radius 1 is 1.22 bits per heavy atom. The Hall–Kier alpha value is -1.16. The van der Waals surface area contributed by atoms with E-state index in [0.717, 1.165) is 30.1 Å². The Bertz CT molecular complexity index is 349. The lowest BCUT2D eigenvalue weighted by Gasteiger charge is -2.06. The maximum atomic E-state index is 11.2. The van der Waals surface area contributed by atoms with Crippen LogP contribution in [0.5, 0.6) is 5.75 Å². The first-order valence-corrected chi connectivity index (χ1v) is 7.26. The summed E-state index contributed by atoms with van der Waals surface area (Å²) >= 11 is 1.48. The van der Waals surface area contributed by atoms with E-state index in [4.69, 9.17) is 9.47 Å². The van der Waals surface area contributed by atoms with Crippen LogP contribution in [0.4, 0.5) is 0 Å². The van der Waals surface area contributed by atoms with E-state index in [-0.39, 0.29) is 5.97 Å². The van der Waals surface area contributed by atoms with E-state index in [1.165, 1.54) is 11.8 Å². The highest BCUT2D eigenvalue weighted by molar-refractivity contribution is 8.00. The fraction of sp³-hybridized carbons (Fsp3) is 0.500. The molecule has 0 aliphatic rings. The zero-order valence-corrected chi connectivity index (χ0v) is 11.8. The van der Waals surface area contributed by atoms with Crippen LogP contribution in [0, 0.1) is 0 Å². The summed E-state index contributed by atoms with van der Waals surface area (Å²) in [6.07, 6.45) is 2.20. The Balaban J connectivity index is 2.33. The molecule has 3 nitrogen and oxygen atoms in total. The van der Waals surface area contributed by atoms with Crippen molar-refractivity contribution in [3.8, 4) is 5.75 Å². The lowest BCUT2D eigenvalue weighted by molar-refractivity contribution is -0.139. The predicted octanol–water partition coefficient (Wildman–Crippen LogP) is 3.52. The third kappa shape index (κ3) is 5.96. The van der Waals surface area contributed by atoms with E-state index in [2.05, 4.69) is 6.92 Å². The molecule has 0 spiro atoms. The zero-order chi connectivity index (χ0) is 13.2. The molecule has 0 heterocycles. The molecule has 0 bridgehead atoms. The van der Waals surface area contributed by atoms with Gasteiger partial charge in [-0.05, 0) is 37.6 Å². The van der Waals surface area contributed by atoms with Gasteiger partial charge in [0.05, 0.1) is 19.0 Å². The van der Waals surface area contributed by atoms with Crippen molar-refractivity contribution < 1.29 is 14.3 Å². The van der Waals surface area contributed by atoms with Crippen molar-refractivity contribution in [2.24, 2.45) is 0 Å². The number of benzene rings is 1. The van der Waals surface area contributed by atoms with Crippen LogP contribution in [0.2, 0.25) is 0 Å². The van der Waals surface area contributed by atoms with Crippen LogP contribution < -0.4 is 4.74 Å².